The molecule has 22 heavy (non-hydrogen) atoms. The van der Waals surface area contributed by atoms with Gasteiger partial charge in [-0.3, -0.25) is 9.59 Å². The van der Waals surface area contributed by atoms with Crippen LogP contribution in [0.5, 0.6) is 0 Å². The molecule has 2 aromatic rings. The van der Waals surface area contributed by atoms with Crippen LogP contribution in [0.4, 0.5) is 5.69 Å². The van der Waals surface area contributed by atoms with Crippen LogP contribution in [0.2, 0.25) is 0 Å². The second kappa shape index (κ2) is 6.32. The summed E-state index contributed by atoms with van der Waals surface area (Å²) in [5.74, 6) is -0.0276. The number of benzene rings is 1. The lowest BCUT2D eigenvalue weighted by Gasteiger charge is -2.07. The van der Waals surface area contributed by atoms with E-state index in [1.165, 1.54) is 11.3 Å². The minimum atomic E-state index is -0.0910. The zero-order chi connectivity index (χ0) is 15.5. The number of aryl methyl sites for hydroxylation is 1. The van der Waals surface area contributed by atoms with E-state index >= 15 is 0 Å². The molecular formula is C17H18N2O2S. The van der Waals surface area contributed by atoms with Crippen LogP contribution in [0, 0.1) is 6.92 Å². The van der Waals surface area contributed by atoms with Crippen molar-refractivity contribution in [3.8, 4) is 0 Å². The summed E-state index contributed by atoms with van der Waals surface area (Å²) in [6.07, 6.45) is 2.58. The van der Waals surface area contributed by atoms with E-state index in [2.05, 4.69) is 10.6 Å². The van der Waals surface area contributed by atoms with Crippen LogP contribution < -0.4 is 10.6 Å². The Hall–Kier alpha value is -2.14. The van der Waals surface area contributed by atoms with Crippen molar-refractivity contribution in [1.29, 1.82) is 0 Å². The zero-order valence-electron chi connectivity index (χ0n) is 12.4. The molecule has 3 rings (SSSR count). The van der Waals surface area contributed by atoms with E-state index in [9.17, 15) is 9.59 Å². The molecule has 0 bridgehead atoms. The molecule has 1 fully saturated rings. The second-order valence-corrected chi connectivity index (χ2v) is 6.52. The molecule has 1 aliphatic carbocycles. The quantitative estimate of drug-likeness (QED) is 0.891. The van der Waals surface area contributed by atoms with Gasteiger partial charge in [0.05, 0.1) is 11.3 Å². The van der Waals surface area contributed by atoms with Gasteiger partial charge < -0.3 is 10.6 Å². The van der Waals surface area contributed by atoms with E-state index in [0.29, 0.717) is 12.5 Å². The molecule has 5 heteroatoms. The predicted octanol–water partition coefficient (Wildman–Crippen LogP) is 3.13. The van der Waals surface area contributed by atoms with E-state index in [-0.39, 0.29) is 11.8 Å². The van der Waals surface area contributed by atoms with Gasteiger partial charge in [-0.15, -0.1) is 11.3 Å². The molecule has 114 valence electrons. The van der Waals surface area contributed by atoms with Crippen LogP contribution in [0.1, 0.15) is 33.6 Å². The number of carbonyl (C=O) groups excluding carboxylic acids is 2. The topological polar surface area (TPSA) is 58.2 Å². The van der Waals surface area contributed by atoms with Crippen molar-refractivity contribution in [3.63, 3.8) is 0 Å². The molecular weight excluding hydrogens is 296 g/mol. The zero-order valence-corrected chi connectivity index (χ0v) is 13.2. The lowest BCUT2D eigenvalue weighted by atomic mass is 10.1. The van der Waals surface area contributed by atoms with Crippen molar-refractivity contribution in [3.05, 3.63) is 51.7 Å². The lowest BCUT2D eigenvalue weighted by Crippen LogP contribution is -2.26. The molecule has 2 amide bonds. The van der Waals surface area contributed by atoms with Crippen molar-refractivity contribution in [2.45, 2.75) is 32.2 Å². The Labute approximate surface area is 133 Å². The van der Waals surface area contributed by atoms with Crippen LogP contribution >= 0.6 is 11.3 Å². The van der Waals surface area contributed by atoms with Crippen LogP contribution in [-0.2, 0) is 11.2 Å². The summed E-state index contributed by atoms with van der Waals surface area (Å²) in [6.45, 7) is 1.92. The maximum Gasteiger partial charge on any atom is 0.265 e. The number of hydrogen-bond acceptors (Lipinski definition) is 3. The van der Waals surface area contributed by atoms with Gasteiger partial charge in [0.2, 0.25) is 5.91 Å². The fourth-order valence-corrected chi connectivity index (χ4v) is 3.01. The number of hydrogen-bond donors (Lipinski definition) is 2. The van der Waals surface area contributed by atoms with Crippen molar-refractivity contribution in [2.24, 2.45) is 0 Å². The third-order valence-electron chi connectivity index (χ3n) is 3.59. The monoisotopic (exact) mass is 314 g/mol. The van der Waals surface area contributed by atoms with Crippen molar-refractivity contribution >= 4 is 28.8 Å². The smallest absolute Gasteiger partial charge is 0.265 e. The number of anilines is 1. The highest BCUT2D eigenvalue weighted by Gasteiger charge is 2.23. The standard InChI is InChI=1S/C17H18N2O2S/c1-11-8-9-22-16(11)17(21)19-14-4-2-12(3-5-14)10-15(20)18-13-6-7-13/h2-5,8-9,13H,6-7,10H2,1H3,(H,18,20)(H,19,21). The molecule has 1 aromatic heterocycles. The average Bonchev–Trinajstić information content (AvgIpc) is 3.19. The van der Waals surface area contributed by atoms with Crippen molar-refractivity contribution < 1.29 is 9.59 Å². The summed E-state index contributed by atoms with van der Waals surface area (Å²) in [4.78, 5) is 24.6. The average molecular weight is 314 g/mol. The number of thiophene rings is 1. The molecule has 0 saturated heterocycles. The minimum absolute atomic E-state index is 0.0634. The molecule has 4 nitrogen and oxygen atoms in total. The molecule has 1 saturated carbocycles. The third kappa shape index (κ3) is 3.74. The van der Waals surface area contributed by atoms with Crippen LogP contribution in [0.25, 0.3) is 0 Å². The predicted molar refractivity (Wildman–Crippen MR) is 88.3 cm³/mol. The van der Waals surface area contributed by atoms with Gasteiger partial charge in [-0.25, -0.2) is 0 Å². The maximum atomic E-state index is 12.1. The summed E-state index contributed by atoms with van der Waals surface area (Å²) in [7, 11) is 0. The third-order valence-corrected chi connectivity index (χ3v) is 4.60. The normalized spacial score (nSPS) is 13.7. The van der Waals surface area contributed by atoms with Gasteiger partial charge in [0, 0.05) is 11.7 Å². The minimum Gasteiger partial charge on any atom is -0.353 e. The van der Waals surface area contributed by atoms with Crippen molar-refractivity contribution in [1.82, 2.24) is 5.32 Å². The van der Waals surface area contributed by atoms with E-state index in [1.807, 2.05) is 42.6 Å². The Bertz CT molecular complexity index is 687. The molecule has 1 heterocycles. The van der Waals surface area contributed by atoms with E-state index in [4.69, 9.17) is 0 Å². The largest absolute Gasteiger partial charge is 0.353 e. The van der Waals surface area contributed by atoms with Gasteiger partial charge >= 0.3 is 0 Å². The molecule has 2 N–H and O–H groups in total. The Morgan fingerprint density at radius 1 is 1.18 bits per heavy atom. The lowest BCUT2D eigenvalue weighted by molar-refractivity contribution is -0.120. The number of nitrogens with one attached hydrogen (secondary N) is 2. The highest BCUT2D eigenvalue weighted by Crippen LogP contribution is 2.20. The molecule has 0 atom stereocenters. The van der Waals surface area contributed by atoms with Gasteiger partial charge in [0.1, 0.15) is 0 Å². The maximum absolute atomic E-state index is 12.1. The van der Waals surface area contributed by atoms with E-state index in [0.717, 1.165) is 34.5 Å². The Balaban J connectivity index is 1.58. The molecule has 0 radical (unpaired) electrons. The summed E-state index contributed by atoms with van der Waals surface area (Å²) >= 11 is 1.44. The first-order chi connectivity index (χ1) is 10.6. The highest BCUT2D eigenvalue weighted by molar-refractivity contribution is 7.12. The van der Waals surface area contributed by atoms with Gasteiger partial charge in [0.15, 0.2) is 0 Å². The van der Waals surface area contributed by atoms with Gasteiger partial charge in [-0.05, 0) is 54.5 Å². The fraction of sp³-hybridized carbons (Fsp3) is 0.294. The molecule has 1 aliphatic rings. The Morgan fingerprint density at radius 2 is 1.91 bits per heavy atom. The molecule has 0 unspecified atom stereocenters. The van der Waals surface area contributed by atoms with Crippen LogP contribution in [-0.4, -0.2) is 17.9 Å². The highest BCUT2D eigenvalue weighted by atomic mass is 32.1. The first-order valence-electron chi connectivity index (χ1n) is 7.35. The first kappa shape index (κ1) is 14.8. The SMILES string of the molecule is Cc1ccsc1C(=O)Nc1ccc(CC(=O)NC2CC2)cc1. The van der Waals surface area contributed by atoms with Gasteiger partial charge in [-0.2, -0.15) is 0 Å². The summed E-state index contributed by atoms with van der Waals surface area (Å²) in [5, 5.41) is 7.75. The second-order valence-electron chi connectivity index (χ2n) is 5.60. The van der Waals surface area contributed by atoms with Crippen LogP contribution in [0.15, 0.2) is 35.7 Å². The first-order valence-corrected chi connectivity index (χ1v) is 8.23. The van der Waals surface area contributed by atoms with Crippen LogP contribution in [0.3, 0.4) is 0 Å². The summed E-state index contributed by atoms with van der Waals surface area (Å²) < 4.78 is 0. The van der Waals surface area contributed by atoms with E-state index in [1.54, 1.807) is 0 Å². The number of amides is 2. The number of carbonyl (C=O) groups is 2. The molecule has 1 aromatic carbocycles. The Kier molecular flexibility index (Phi) is 4.24. The van der Waals surface area contributed by atoms with Crippen molar-refractivity contribution in [2.75, 3.05) is 5.32 Å². The number of rotatable bonds is 5. The summed E-state index contributed by atoms with van der Waals surface area (Å²) in [5.41, 5.74) is 2.67. The van der Waals surface area contributed by atoms with Gasteiger partial charge in [-0.1, -0.05) is 12.1 Å². The fourth-order valence-electron chi connectivity index (χ4n) is 2.19. The summed E-state index contributed by atoms with van der Waals surface area (Å²) in [6, 6.07) is 9.75. The Morgan fingerprint density at radius 3 is 2.50 bits per heavy atom. The molecule has 0 aliphatic heterocycles. The molecule has 0 spiro atoms. The van der Waals surface area contributed by atoms with E-state index < -0.39 is 0 Å². The van der Waals surface area contributed by atoms with Gasteiger partial charge in [0.25, 0.3) is 5.91 Å².